The highest BCUT2D eigenvalue weighted by atomic mass is 35.5. The number of hydrogen-bond donors (Lipinski definition) is 1. The summed E-state index contributed by atoms with van der Waals surface area (Å²) in [4.78, 5) is 12.7. The molecule has 1 aliphatic rings. The van der Waals surface area contributed by atoms with Crippen LogP contribution in [0.5, 0.6) is 0 Å². The van der Waals surface area contributed by atoms with Gasteiger partial charge in [0, 0.05) is 5.88 Å². The summed E-state index contributed by atoms with van der Waals surface area (Å²) in [6, 6.07) is 19.8. The number of carbonyl (C=O) groups is 1. The zero-order valence-corrected chi connectivity index (χ0v) is 12.5. The third kappa shape index (κ3) is 2.81. The van der Waals surface area contributed by atoms with Gasteiger partial charge in [-0.05, 0) is 24.0 Å². The number of nitrogens with one attached hydrogen (secondary N) is 1. The molecule has 0 radical (unpaired) electrons. The summed E-state index contributed by atoms with van der Waals surface area (Å²) in [6.45, 7) is 0. The molecule has 0 aliphatic heterocycles. The molecule has 1 aliphatic carbocycles. The van der Waals surface area contributed by atoms with Crippen molar-refractivity contribution in [3.05, 3.63) is 71.8 Å². The smallest absolute Gasteiger partial charge is 0.231 e. The summed E-state index contributed by atoms with van der Waals surface area (Å²) in [5.41, 5.74) is 1.80. The second kappa shape index (κ2) is 5.90. The van der Waals surface area contributed by atoms with Crippen molar-refractivity contribution in [3.63, 3.8) is 0 Å². The van der Waals surface area contributed by atoms with E-state index in [1.807, 2.05) is 60.7 Å². The molecule has 1 atom stereocenters. The van der Waals surface area contributed by atoms with Crippen LogP contribution in [0.25, 0.3) is 0 Å². The first-order chi connectivity index (χ1) is 10.3. The van der Waals surface area contributed by atoms with E-state index < -0.39 is 0 Å². The molecule has 2 aromatic rings. The zero-order valence-electron chi connectivity index (χ0n) is 11.8. The van der Waals surface area contributed by atoms with E-state index in [1.54, 1.807) is 0 Å². The highest BCUT2D eigenvalue weighted by molar-refractivity contribution is 6.18. The predicted molar refractivity (Wildman–Crippen MR) is 85.4 cm³/mol. The minimum absolute atomic E-state index is 0.0863. The fraction of sp³-hybridized carbons (Fsp3) is 0.278. The first-order valence-electron chi connectivity index (χ1n) is 7.24. The standard InChI is InChI=1S/C18H18ClNO/c19-13-16(14-7-3-1-4-8-14)20-17(21)18(11-12-18)15-9-5-2-6-10-15/h1-10,16H,11-13H2,(H,20,21). The molecular formula is C18H18ClNO. The molecule has 1 unspecified atom stereocenters. The Morgan fingerprint density at radius 2 is 1.62 bits per heavy atom. The van der Waals surface area contributed by atoms with Gasteiger partial charge in [-0.3, -0.25) is 4.79 Å². The number of rotatable bonds is 5. The normalized spacial score (nSPS) is 17.0. The Balaban J connectivity index is 1.77. The third-order valence-electron chi connectivity index (χ3n) is 4.17. The van der Waals surface area contributed by atoms with Gasteiger partial charge < -0.3 is 5.32 Å². The molecule has 0 spiro atoms. The average molecular weight is 300 g/mol. The van der Waals surface area contributed by atoms with E-state index in [1.165, 1.54) is 0 Å². The Bertz CT molecular complexity index is 608. The Kier molecular flexibility index (Phi) is 3.98. The quantitative estimate of drug-likeness (QED) is 0.836. The lowest BCUT2D eigenvalue weighted by atomic mass is 9.94. The van der Waals surface area contributed by atoms with Crippen molar-refractivity contribution in [2.24, 2.45) is 0 Å². The van der Waals surface area contributed by atoms with Crippen LogP contribution >= 0.6 is 11.6 Å². The molecule has 3 heteroatoms. The summed E-state index contributed by atoms with van der Waals surface area (Å²) in [7, 11) is 0. The maximum Gasteiger partial charge on any atom is 0.231 e. The van der Waals surface area contributed by atoms with Crippen molar-refractivity contribution >= 4 is 17.5 Å². The maximum atomic E-state index is 12.7. The number of alkyl halides is 1. The molecule has 0 heterocycles. The Hall–Kier alpha value is -1.80. The lowest BCUT2D eigenvalue weighted by molar-refractivity contribution is -0.124. The van der Waals surface area contributed by atoms with Crippen LogP contribution in [0.4, 0.5) is 0 Å². The van der Waals surface area contributed by atoms with Crippen LogP contribution in [0.1, 0.15) is 30.0 Å². The Labute approximate surface area is 130 Å². The van der Waals surface area contributed by atoms with Crippen molar-refractivity contribution < 1.29 is 4.79 Å². The van der Waals surface area contributed by atoms with Crippen LogP contribution in [-0.4, -0.2) is 11.8 Å². The van der Waals surface area contributed by atoms with Gasteiger partial charge in [-0.25, -0.2) is 0 Å². The minimum Gasteiger partial charge on any atom is -0.347 e. The molecule has 0 bridgehead atoms. The molecule has 1 N–H and O–H groups in total. The molecule has 2 nitrogen and oxygen atoms in total. The Morgan fingerprint density at radius 1 is 1.05 bits per heavy atom. The maximum absolute atomic E-state index is 12.7. The minimum atomic E-state index is -0.347. The monoisotopic (exact) mass is 299 g/mol. The summed E-state index contributed by atoms with van der Waals surface area (Å²) < 4.78 is 0. The van der Waals surface area contributed by atoms with Gasteiger partial charge in [-0.15, -0.1) is 11.6 Å². The fourth-order valence-corrected chi connectivity index (χ4v) is 2.98. The molecule has 21 heavy (non-hydrogen) atoms. The van der Waals surface area contributed by atoms with Crippen LogP contribution in [0.3, 0.4) is 0 Å². The van der Waals surface area contributed by atoms with Gasteiger partial charge >= 0.3 is 0 Å². The van der Waals surface area contributed by atoms with Gasteiger partial charge in [0.15, 0.2) is 0 Å². The second-order valence-electron chi connectivity index (χ2n) is 5.54. The van der Waals surface area contributed by atoms with Crippen molar-refractivity contribution in [3.8, 4) is 0 Å². The van der Waals surface area contributed by atoms with E-state index in [0.29, 0.717) is 5.88 Å². The summed E-state index contributed by atoms with van der Waals surface area (Å²) in [5, 5.41) is 3.11. The topological polar surface area (TPSA) is 29.1 Å². The molecular weight excluding hydrogens is 282 g/mol. The highest BCUT2D eigenvalue weighted by Crippen LogP contribution is 2.48. The highest BCUT2D eigenvalue weighted by Gasteiger charge is 2.51. The lowest BCUT2D eigenvalue weighted by Gasteiger charge is -2.21. The summed E-state index contributed by atoms with van der Waals surface area (Å²) >= 11 is 6.05. The largest absolute Gasteiger partial charge is 0.347 e. The molecule has 1 amide bonds. The van der Waals surface area contributed by atoms with E-state index in [0.717, 1.165) is 24.0 Å². The van der Waals surface area contributed by atoms with Gasteiger partial charge in [-0.1, -0.05) is 60.7 Å². The molecule has 1 fully saturated rings. The van der Waals surface area contributed by atoms with Crippen molar-refractivity contribution in [1.29, 1.82) is 0 Å². The second-order valence-corrected chi connectivity index (χ2v) is 5.85. The van der Waals surface area contributed by atoms with Crippen LogP contribution < -0.4 is 5.32 Å². The van der Waals surface area contributed by atoms with E-state index in [-0.39, 0.29) is 17.4 Å². The van der Waals surface area contributed by atoms with Crippen molar-refractivity contribution in [1.82, 2.24) is 5.32 Å². The average Bonchev–Trinajstić information content (AvgIpc) is 3.36. The molecule has 3 rings (SSSR count). The summed E-state index contributed by atoms with van der Waals surface area (Å²) in [5.74, 6) is 0.462. The number of halogens is 1. The SMILES string of the molecule is O=C(NC(CCl)c1ccccc1)C1(c2ccccc2)CC1. The molecule has 0 saturated heterocycles. The first-order valence-corrected chi connectivity index (χ1v) is 7.77. The first kappa shape index (κ1) is 14.2. The van der Waals surface area contributed by atoms with Gasteiger partial charge in [0.2, 0.25) is 5.91 Å². The summed E-state index contributed by atoms with van der Waals surface area (Å²) in [6.07, 6.45) is 1.82. The van der Waals surface area contributed by atoms with Crippen LogP contribution in [-0.2, 0) is 10.2 Å². The number of benzene rings is 2. The number of hydrogen-bond acceptors (Lipinski definition) is 1. The van der Waals surface area contributed by atoms with E-state index in [2.05, 4.69) is 5.32 Å². The third-order valence-corrected chi connectivity index (χ3v) is 4.48. The van der Waals surface area contributed by atoms with Gasteiger partial charge in [0.05, 0.1) is 11.5 Å². The van der Waals surface area contributed by atoms with Crippen LogP contribution in [0, 0.1) is 0 Å². The molecule has 1 saturated carbocycles. The van der Waals surface area contributed by atoms with Gasteiger partial charge in [0.25, 0.3) is 0 Å². The fourth-order valence-electron chi connectivity index (χ4n) is 2.72. The van der Waals surface area contributed by atoms with Crippen molar-refractivity contribution in [2.45, 2.75) is 24.3 Å². The predicted octanol–water partition coefficient (Wildman–Crippen LogP) is 3.81. The van der Waals surface area contributed by atoms with Crippen molar-refractivity contribution in [2.75, 3.05) is 5.88 Å². The van der Waals surface area contributed by atoms with Crippen LogP contribution in [0.15, 0.2) is 60.7 Å². The molecule has 0 aromatic heterocycles. The lowest BCUT2D eigenvalue weighted by Crippen LogP contribution is -2.38. The van der Waals surface area contributed by atoms with E-state index >= 15 is 0 Å². The molecule has 108 valence electrons. The van der Waals surface area contributed by atoms with Gasteiger partial charge in [0.1, 0.15) is 0 Å². The van der Waals surface area contributed by atoms with Gasteiger partial charge in [-0.2, -0.15) is 0 Å². The van der Waals surface area contributed by atoms with E-state index in [9.17, 15) is 4.79 Å². The molecule has 2 aromatic carbocycles. The zero-order chi connectivity index (χ0) is 14.7. The van der Waals surface area contributed by atoms with E-state index in [4.69, 9.17) is 11.6 Å². The van der Waals surface area contributed by atoms with Crippen LogP contribution in [0.2, 0.25) is 0 Å². The number of amides is 1. The Morgan fingerprint density at radius 3 is 2.14 bits per heavy atom. The number of carbonyl (C=O) groups excluding carboxylic acids is 1.